The smallest absolute Gasteiger partial charge is 0.404 e. The SMILES string of the molecule is CC(C)CN(NC(=O)NCCCCNC(=O)O)c1ccnc(C#N)n1. The monoisotopic (exact) mass is 349 g/mol. The molecule has 1 rings (SSSR count). The Morgan fingerprint density at radius 3 is 2.60 bits per heavy atom. The lowest BCUT2D eigenvalue weighted by molar-refractivity contribution is 0.194. The van der Waals surface area contributed by atoms with Crippen LogP contribution in [-0.2, 0) is 0 Å². The molecule has 0 spiro atoms. The highest BCUT2D eigenvalue weighted by Crippen LogP contribution is 2.09. The number of hydrazine groups is 1. The number of nitrogens with one attached hydrogen (secondary N) is 3. The molecule has 0 aliphatic heterocycles. The quantitative estimate of drug-likeness (QED) is 0.385. The molecule has 1 aromatic heterocycles. The summed E-state index contributed by atoms with van der Waals surface area (Å²) < 4.78 is 0. The van der Waals surface area contributed by atoms with Crippen LogP contribution in [0.15, 0.2) is 12.3 Å². The highest BCUT2D eigenvalue weighted by Gasteiger charge is 2.14. The van der Waals surface area contributed by atoms with Crippen molar-refractivity contribution >= 4 is 17.9 Å². The third-order valence-electron chi connectivity index (χ3n) is 2.97. The summed E-state index contributed by atoms with van der Waals surface area (Å²) in [5.41, 5.74) is 2.70. The minimum absolute atomic E-state index is 0.0272. The number of unbranched alkanes of at least 4 members (excludes halogenated alkanes) is 1. The summed E-state index contributed by atoms with van der Waals surface area (Å²) in [5.74, 6) is 0.711. The van der Waals surface area contributed by atoms with Gasteiger partial charge in [-0.25, -0.2) is 20.0 Å². The van der Waals surface area contributed by atoms with Crippen LogP contribution in [0.25, 0.3) is 0 Å². The predicted molar refractivity (Wildman–Crippen MR) is 90.7 cm³/mol. The number of hydrogen-bond acceptors (Lipinski definition) is 6. The zero-order valence-corrected chi connectivity index (χ0v) is 14.3. The van der Waals surface area contributed by atoms with Gasteiger partial charge in [0.2, 0.25) is 5.82 Å². The van der Waals surface area contributed by atoms with Crippen LogP contribution in [0.3, 0.4) is 0 Å². The number of carbonyl (C=O) groups excluding carboxylic acids is 1. The zero-order valence-electron chi connectivity index (χ0n) is 14.3. The van der Waals surface area contributed by atoms with Gasteiger partial charge in [0.1, 0.15) is 6.07 Å². The third kappa shape index (κ3) is 8.36. The molecule has 0 saturated carbocycles. The second kappa shape index (κ2) is 10.6. The van der Waals surface area contributed by atoms with Gasteiger partial charge >= 0.3 is 12.1 Å². The molecule has 0 aromatic carbocycles. The summed E-state index contributed by atoms with van der Waals surface area (Å²) in [7, 11) is 0. The molecule has 0 fully saturated rings. The summed E-state index contributed by atoms with van der Waals surface area (Å²) in [6.45, 7) is 5.26. The van der Waals surface area contributed by atoms with E-state index >= 15 is 0 Å². The predicted octanol–water partition coefficient (Wildman–Crippen LogP) is 1.07. The molecular formula is C15H23N7O3. The Balaban J connectivity index is 2.50. The van der Waals surface area contributed by atoms with E-state index < -0.39 is 12.1 Å². The van der Waals surface area contributed by atoms with E-state index in [1.165, 1.54) is 6.20 Å². The average Bonchev–Trinajstić information content (AvgIpc) is 2.56. The van der Waals surface area contributed by atoms with Gasteiger partial charge in [0.15, 0.2) is 5.82 Å². The first kappa shape index (κ1) is 20.0. The number of hydrogen-bond donors (Lipinski definition) is 4. The number of nitriles is 1. The Labute approximate surface area is 146 Å². The molecular weight excluding hydrogens is 326 g/mol. The molecule has 1 aromatic rings. The molecule has 0 unspecified atom stereocenters. The largest absolute Gasteiger partial charge is 0.465 e. The minimum Gasteiger partial charge on any atom is -0.465 e. The van der Waals surface area contributed by atoms with E-state index in [2.05, 4.69) is 26.0 Å². The second-order valence-corrected chi connectivity index (χ2v) is 5.66. The lowest BCUT2D eigenvalue weighted by atomic mass is 10.2. The zero-order chi connectivity index (χ0) is 18.7. The summed E-state index contributed by atoms with van der Waals surface area (Å²) >= 11 is 0. The van der Waals surface area contributed by atoms with Gasteiger partial charge in [-0.05, 0) is 18.8 Å². The van der Waals surface area contributed by atoms with Gasteiger partial charge in [-0.15, -0.1) is 0 Å². The topological polar surface area (TPSA) is 143 Å². The molecule has 0 atom stereocenters. The number of nitrogens with zero attached hydrogens (tertiary/aromatic N) is 4. The van der Waals surface area contributed by atoms with E-state index in [-0.39, 0.29) is 11.7 Å². The molecule has 1 heterocycles. The van der Waals surface area contributed by atoms with Gasteiger partial charge in [-0.2, -0.15) is 10.2 Å². The Kier molecular flexibility index (Phi) is 8.49. The summed E-state index contributed by atoms with van der Waals surface area (Å²) in [6, 6.07) is 3.08. The van der Waals surface area contributed by atoms with Crippen molar-refractivity contribution in [3.05, 3.63) is 18.1 Å². The molecule has 0 aliphatic carbocycles. The molecule has 25 heavy (non-hydrogen) atoms. The molecule has 0 saturated heterocycles. The van der Waals surface area contributed by atoms with Crippen molar-refractivity contribution in [2.24, 2.45) is 5.92 Å². The lowest BCUT2D eigenvalue weighted by Gasteiger charge is -2.26. The molecule has 136 valence electrons. The molecule has 10 nitrogen and oxygen atoms in total. The van der Waals surface area contributed by atoms with Crippen molar-refractivity contribution in [2.45, 2.75) is 26.7 Å². The van der Waals surface area contributed by atoms with Crippen LogP contribution in [0.5, 0.6) is 0 Å². The van der Waals surface area contributed by atoms with Crippen LogP contribution in [0.1, 0.15) is 32.5 Å². The summed E-state index contributed by atoms with van der Waals surface area (Å²) in [4.78, 5) is 30.2. The third-order valence-corrected chi connectivity index (χ3v) is 2.97. The van der Waals surface area contributed by atoms with Crippen LogP contribution in [0, 0.1) is 17.2 Å². The van der Waals surface area contributed by atoms with Crippen LogP contribution in [0.2, 0.25) is 0 Å². The van der Waals surface area contributed by atoms with Crippen molar-refractivity contribution in [1.29, 1.82) is 5.26 Å². The number of carbonyl (C=O) groups is 2. The highest BCUT2D eigenvalue weighted by molar-refractivity contribution is 5.75. The maximum atomic E-state index is 12.0. The van der Waals surface area contributed by atoms with E-state index in [0.29, 0.717) is 38.3 Å². The number of anilines is 1. The molecule has 0 bridgehead atoms. The Bertz CT molecular complexity index is 615. The van der Waals surface area contributed by atoms with Gasteiger partial charge in [0.05, 0.1) is 0 Å². The number of amides is 3. The van der Waals surface area contributed by atoms with E-state index in [0.717, 1.165) is 0 Å². The fourth-order valence-electron chi connectivity index (χ4n) is 1.92. The van der Waals surface area contributed by atoms with Gasteiger partial charge in [-0.3, -0.25) is 5.01 Å². The van der Waals surface area contributed by atoms with Crippen LogP contribution >= 0.6 is 0 Å². The van der Waals surface area contributed by atoms with Crippen molar-refractivity contribution in [3.63, 3.8) is 0 Å². The fraction of sp³-hybridized carbons (Fsp3) is 0.533. The number of carboxylic acid groups (broad SMARTS) is 1. The van der Waals surface area contributed by atoms with Crippen molar-refractivity contribution in [3.8, 4) is 6.07 Å². The van der Waals surface area contributed by atoms with Gasteiger partial charge < -0.3 is 15.7 Å². The summed E-state index contributed by atoms with van der Waals surface area (Å²) in [6.07, 6.45) is 1.67. The normalized spacial score (nSPS) is 10.0. The van der Waals surface area contributed by atoms with Crippen molar-refractivity contribution in [1.82, 2.24) is 26.0 Å². The van der Waals surface area contributed by atoms with E-state index in [1.54, 1.807) is 11.1 Å². The summed E-state index contributed by atoms with van der Waals surface area (Å²) in [5, 5.41) is 23.9. The van der Waals surface area contributed by atoms with E-state index in [1.807, 2.05) is 19.9 Å². The van der Waals surface area contributed by atoms with Gasteiger partial charge in [-0.1, -0.05) is 13.8 Å². The Hall–Kier alpha value is -3.09. The maximum absolute atomic E-state index is 12.0. The van der Waals surface area contributed by atoms with Gasteiger partial charge in [0.25, 0.3) is 0 Å². The number of aromatic nitrogens is 2. The van der Waals surface area contributed by atoms with Crippen LogP contribution < -0.4 is 21.1 Å². The highest BCUT2D eigenvalue weighted by atomic mass is 16.4. The molecule has 10 heteroatoms. The van der Waals surface area contributed by atoms with Crippen LogP contribution in [-0.4, -0.2) is 46.8 Å². The first-order valence-electron chi connectivity index (χ1n) is 7.94. The Morgan fingerprint density at radius 1 is 1.32 bits per heavy atom. The number of rotatable bonds is 9. The Morgan fingerprint density at radius 2 is 2.00 bits per heavy atom. The van der Waals surface area contributed by atoms with Crippen LogP contribution in [0.4, 0.5) is 15.4 Å². The van der Waals surface area contributed by atoms with Crippen molar-refractivity contribution in [2.75, 3.05) is 24.6 Å². The molecule has 0 aliphatic rings. The molecule has 3 amide bonds. The molecule has 4 N–H and O–H groups in total. The first-order valence-corrected chi connectivity index (χ1v) is 7.94. The lowest BCUT2D eigenvalue weighted by Crippen LogP contribution is -2.49. The second-order valence-electron chi connectivity index (χ2n) is 5.66. The van der Waals surface area contributed by atoms with Crippen molar-refractivity contribution < 1.29 is 14.7 Å². The fourth-order valence-corrected chi connectivity index (χ4v) is 1.92. The average molecular weight is 349 g/mol. The molecule has 0 radical (unpaired) electrons. The van der Waals surface area contributed by atoms with E-state index in [4.69, 9.17) is 10.4 Å². The van der Waals surface area contributed by atoms with Gasteiger partial charge in [0, 0.05) is 31.9 Å². The standard InChI is InChI=1S/C15H23N7O3/c1-11(2)10-22(13-5-8-17-12(9-16)20-13)21-14(23)18-6-3-4-7-19-15(24)25/h5,8,11,19H,3-4,6-7,10H2,1-2H3,(H,24,25)(H2,18,21,23). The van der Waals surface area contributed by atoms with E-state index in [9.17, 15) is 9.59 Å². The first-order chi connectivity index (χ1) is 11.9. The maximum Gasteiger partial charge on any atom is 0.404 e. The minimum atomic E-state index is -1.06. The number of urea groups is 1.